The van der Waals surface area contributed by atoms with E-state index in [1.165, 1.54) is 6.08 Å². The maximum atomic E-state index is 14.6. The lowest BCUT2D eigenvalue weighted by molar-refractivity contribution is 0.00578. The highest BCUT2D eigenvalue weighted by atomic mass is 19.1. The van der Waals surface area contributed by atoms with Gasteiger partial charge in [0.15, 0.2) is 0 Å². The molecule has 0 unspecified atom stereocenters. The van der Waals surface area contributed by atoms with Crippen molar-refractivity contribution in [2.45, 2.75) is 45.8 Å². The second kappa shape index (κ2) is 6.50. The molecule has 0 aliphatic carbocycles. The van der Waals surface area contributed by atoms with Crippen LogP contribution in [0, 0.1) is 0 Å². The van der Waals surface area contributed by atoms with E-state index in [0.717, 1.165) is 5.57 Å². The predicted molar refractivity (Wildman–Crippen MR) is 91.9 cm³/mol. The summed E-state index contributed by atoms with van der Waals surface area (Å²) >= 11 is 0. The highest BCUT2D eigenvalue weighted by Gasteiger charge is 2.53. The fourth-order valence-corrected chi connectivity index (χ4v) is 2.10. The molecule has 1 aromatic carbocycles. The van der Waals surface area contributed by atoms with Crippen molar-refractivity contribution in [1.29, 1.82) is 0 Å². The minimum absolute atomic E-state index is 0.392. The van der Waals surface area contributed by atoms with Gasteiger partial charge in [-0.1, -0.05) is 24.8 Å². The molecule has 3 nitrogen and oxygen atoms in total. The number of para-hydroxylation sites is 1. The van der Waals surface area contributed by atoms with Crippen molar-refractivity contribution >= 4 is 13.2 Å². The zero-order valence-electron chi connectivity index (χ0n) is 14.5. The molecular weight excluding hydrogens is 294 g/mol. The van der Waals surface area contributed by atoms with E-state index in [1.54, 1.807) is 12.1 Å². The third-order valence-electron chi connectivity index (χ3n) is 4.16. The van der Waals surface area contributed by atoms with Crippen LogP contribution in [0.2, 0.25) is 0 Å². The lowest BCUT2D eigenvalue weighted by Crippen LogP contribution is -2.41. The molecule has 0 spiro atoms. The summed E-state index contributed by atoms with van der Waals surface area (Å²) in [5, 5.41) is 0. The van der Waals surface area contributed by atoms with Gasteiger partial charge in [-0.25, -0.2) is 4.39 Å². The fraction of sp³-hybridized carbons (Fsp3) is 0.444. The van der Waals surface area contributed by atoms with Crippen molar-refractivity contribution < 1.29 is 18.4 Å². The van der Waals surface area contributed by atoms with E-state index < -0.39 is 24.0 Å². The van der Waals surface area contributed by atoms with Crippen LogP contribution in [0.15, 0.2) is 42.1 Å². The van der Waals surface area contributed by atoms with Crippen LogP contribution in [0.1, 0.15) is 40.2 Å². The van der Waals surface area contributed by atoms with Crippen molar-refractivity contribution in [2.75, 3.05) is 6.61 Å². The molecule has 0 radical (unpaired) electrons. The van der Waals surface area contributed by atoms with Crippen LogP contribution < -0.4 is 4.74 Å². The van der Waals surface area contributed by atoms with E-state index in [9.17, 15) is 4.39 Å². The molecule has 5 heteroatoms. The highest BCUT2D eigenvalue weighted by Crippen LogP contribution is 2.39. The summed E-state index contributed by atoms with van der Waals surface area (Å²) in [5.74, 6) is 0.599. The number of ether oxygens (including phenoxy) is 1. The lowest BCUT2D eigenvalue weighted by atomic mass is 9.86. The van der Waals surface area contributed by atoms with Crippen LogP contribution in [0.4, 0.5) is 4.39 Å². The van der Waals surface area contributed by atoms with Crippen molar-refractivity contribution in [2.24, 2.45) is 0 Å². The van der Waals surface area contributed by atoms with Crippen molar-refractivity contribution in [1.82, 2.24) is 0 Å². The number of halogens is 1. The Bertz CT molecular complexity index is 606. The number of hydrogen-bond acceptors (Lipinski definition) is 3. The highest BCUT2D eigenvalue weighted by molar-refractivity contribution is 6.54. The predicted octanol–water partition coefficient (Wildman–Crippen LogP) is 4.58. The summed E-state index contributed by atoms with van der Waals surface area (Å²) in [4.78, 5) is 0. The Morgan fingerprint density at radius 2 is 1.78 bits per heavy atom. The van der Waals surface area contributed by atoms with E-state index in [4.69, 9.17) is 14.0 Å². The van der Waals surface area contributed by atoms with E-state index in [1.807, 2.05) is 46.8 Å². The van der Waals surface area contributed by atoms with E-state index in [-0.39, 0.29) is 0 Å². The van der Waals surface area contributed by atoms with Gasteiger partial charge in [-0.2, -0.15) is 0 Å². The Morgan fingerprint density at radius 3 is 2.35 bits per heavy atom. The van der Waals surface area contributed by atoms with Crippen molar-refractivity contribution in [3.63, 3.8) is 0 Å². The molecule has 1 saturated heterocycles. The first-order valence-corrected chi connectivity index (χ1v) is 7.71. The zero-order valence-corrected chi connectivity index (χ0v) is 14.5. The maximum Gasteiger partial charge on any atom is 0.525 e. The standard InChI is InChI=1S/C18H24BFO3/c1-13(2)12-21-15-10-8-7-9-14(15)11-16(20)19-22-17(3,4)18(5,6)23-19/h7-11H,1,12H2,2-6H3. The van der Waals surface area contributed by atoms with Crippen LogP contribution in [-0.4, -0.2) is 24.9 Å². The van der Waals surface area contributed by atoms with Crippen LogP contribution in [0.5, 0.6) is 5.75 Å². The van der Waals surface area contributed by atoms with Crippen molar-refractivity contribution in [3.05, 3.63) is 47.7 Å². The molecule has 0 aromatic heterocycles. The minimum atomic E-state index is -1.01. The van der Waals surface area contributed by atoms with Crippen LogP contribution in [0.3, 0.4) is 0 Å². The number of hydrogen-bond donors (Lipinski definition) is 0. The average molecular weight is 318 g/mol. The fourth-order valence-electron chi connectivity index (χ4n) is 2.10. The second-order valence-corrected chi connectivity index (χ2v) is 6.90. The van der Waals surface area contributed by atoms with Gasteiger partial charge < -0.3 is 14.0 Å². The molecule has 1 aliphatic rings. The van der Waals surface area contributed by atoms with Gasteiger partial charge in [-0.15, -0.1) is 0 Å². The first-order chi connectivity index (χ1) is 10.6. The quantitative estimate of drug-likeness (QED) is 0.587. The number of rotatable bonds is 5. The summed E-state index contributed by atoms with van der Waals surface area (Å²) in [6, 6.07) is 7.26. The topological polar surface area (TPSA) is 27.7 Å². The SMILES string of the molecule is C=C(C)COc1ccccc1C=C(F)B1OC(C)(C)C(C)(C)O1. The van der Waals surface area contributed by atoms with Crippen LogP contribution in [0.25, 0.3) is 6.08 Å². The third-order valence-corrected chi connectivity index (χ3v) is 4.16. The molecule has 0 N–H and O–H groups in total. The molecule has 0 saturated carbocycles. The van der Waals surface area contributed by atoms with E-state index >= 15 is 0 Å². The van der Waals surface area contributed by atoms with Gasteiger partial charge in [-0.05, 0) is 52.3 Å². The molecule has 1 fully saturated rings. The molecular formula is C18H24BFO3. The average Bonchev–Trinajstić information content (AvgIpc) is 2.66. The van der Waals surface area contributed by atoms with Gasteiger partial charge in [-0.3, -0.25) is 0 Å². The summed E-state index contributed by atoms with van der Waals surface area (Å²) in [5.41, 5.74) is -0.0799. The van der Waals surface area contributed by atoms with Gasteiger partial charge in [0, 0.05) is 5.56 Å². The first-order valence-electron chi connectivity index (χ1n) is 7.71. The van der Waals surface area contributed by atoms with Crippen molar-refractivity contribution in [3.8, 4) is 5.75 Å². The molecule has 23 heavy (non-hydrogen) atoms. The summed E-state index contributed by atoms with van der Waals surface area (Å²) in [6.45, 7) is 13.6. The lowest BCUT2D eigenvalue weighted by Gasteiger charge is -2.32. The van der Waals surface area contributed by atoms with Gasteiger partial charge in [0.2, 0.25) is 0 Å². The molecule has 0 amide bonds. The third kappa shape index (κ3) is 4.04. The van der Waals surface area contributed by atoms with Gasteiger partial charge in [0.25, 0.3) is 0 Å². The molecule has 1 aromatic rings. The second-order valence-electron chi connectivity index (χ2n) is 6.90. The van der Waals surface area contributed by atoms with Crippen LogP contribution >= 0.6 is 0 Å². The maximum absolute atomic E-state index is 14.6. The first kappa shape index (κ1) is 17.8. The van der Waals surface area contributed by atoms with E-state index in [0.29, 0.717) is 17.9 Å². The Balaban J connectivity index is 2.20. The normalized spacial score (nSPS) is 19.7. The molecule has 0 atom stereocenters. The number of benzene rings is 1. The van der Waals surface area contributed by atoms with E-state index in [2.05, 4.69) is 6.58 Å². The van der Waals surface area contributed by atoms with Gasteiger partial charge in [0.05, 0.1) is 11.2 Å². The summed E-state index contributed by atoms with van der Waals surface area (Å²) < 4.78 is 31.7. The molecule has 2 rings (SSSR count). The molecule has 0 bridgehead atoms. The van der Waals surface area contributed by atoms with Crippen LogP contribution in [-0.2, 0) is 9.31 Å². The Kier molecular flexibility index (Phi) is 5.02. The van der Waals surface area contributed by atoms with Gasteiger partial charge in [0.1, 0.15) is 18.1 Å². The Morgan fingerprint density at radius 1 is 1.22 bits per heavy atom. The largest absolute Gasteiger partial charge is 0.525 e. The molecule has 124 valence electrons. The molecule has 1 aliphatic heterocycles. The Labute approximate surface area is 138 Å². The Hall–Kier alpha value is -1.59. The summed E-state index contributed by atoms with van der Waals surface area (Å²) in [6.07, 6.45) is 1.40. The minimum Gasteiger partial charge on any atom is -0.489 e. The van der Waals surface area contributed by atoms with Gasteiger partial charge >= 0.3 is 7.12 Å². The summed E-state index contributed by atoms with van der Waals surface area (Å²) in [7, 11) is -1.01. The zero-order chi connectivity index (χ0) is 17.3. The smallest absolute Gasteiger partial charge is 0.489 e. The monoisotopic (exact) mass is 318 g/mol. The molecule has 1 heterocycles.